The summed E-state index contributed by atoms with van der Waals surface area (Å²) < 4.78 is 11.0. The van der Waals surface area contributed by atoms with Crippen LogP contribution >= 0.6 is 11.6 Å². The van der Waals surface area contributed by atoms with Gasteiger partial charge in [-0.2, -0.15) is 0 Å². The fraction of sp³-hybridized carbons (Fsp3) is 0.562. The smallest absolute Gasteiger partial charge is 0.254 e. The van der Waals surface area contributed by atoms with Crippen LogP contribution in [0.4, 0.5) is 0 Å². The predicted molar refractivity (Wildman–Crippen MR) is 87.1 cm³/mol. The monoisotopic (exact) mass is 326 g/mol. The van der Waals surface area contributed by atoms with Crippen LogP contribution < -0.4 is 14.8 Å². The Morgan fingerprint density at radius 3 is 2.77 bits per heavy atom. The summed E-state index contributed by atoms with van der Waals surface area (Å²) in [6.07, 6.45) is -0.0267. The van der Waals surface area contributed by atoms with Crippen LogP contribution in [0.5, 0.6) is 11.5 Å². The zero-order chi connectivity index (χ0) is 16.3. The maximum Gasteiger partial charge on any atom is 0.254 e. The van der Waals surface area contributed by atoms with Gasteiger partial charge in [0.05, 0.1) is 18.2 Å². The molecule has 1 amide bonds. The van der Waals surface area contributed by atoms with Crippen LogP contribution in [-0.4, -0.2) is 49.7 Å². The van der Waals surface area contributed by atoms with Crippen molar-refractivity contribution in [3.63, 3.8) is 0 Å². The van der Waals surface area contributed by atoms with Crippen LogP contribution in [0, 0.1) is 0 Å². The highest BCUT2D eigenvalue weighted by atomic mass is 35.5. The Labute approximate surface area is 136 Å². The van der Waals surface area contributed by atoms with E-state index in [0.29, 0.717) is 28.6 Å². The lowest BCUT2D eigenvalue weighted by Crippen LogP contribution is -2.52. The molecule has 0 aromatic heterocycles. The second-order valence-electron chi connectivity index (χ2n) is 5.71. The standard InChI is InChI=1S/C16H23ClN2O3/c1-10(2)22-15-13(17)7-12(8-14(15)21-4)16(20)19-6-5-18-9-11(19)3/h7-8,10-11,18H,5-6,9H2,1-4H3. The maximum absolute atomic E-state index is 12.7. The predicted octanol–water partition coefficient (Wildman–Crippen LogP) is 2.57. The number of carbonyl (C=O) groups excluding carboxylic acids is 1. The van der Waals surface area contributed by atoms with Crippen LogP contribution in [0.3, 0.4) is 0 Å². The summed E-state index contributed by atoms with van der Waals surface area (Å²) in [5.41, 5.74) is 0.520. The molecule has 1 aromatic rings. The van der Waals surface area contributed by atoms with Crippen LogP contribution in [0.1, 0.15) is 31.1 Å². The summed E-state index contributed by atoms with van der Waals surface area (Å²) in [7, 11) is 1.54. The molecule has 1 aromatic carbocycles. The zero-order valence-electron chi connectivity index (χ0n) is 13.5. The van der Waals surface area contributed by atoms with E-state index in [2.05, 4.69) is 5.32 Å². The van der Waals surface area contributed by atoms with E-state index in [4.69, 9.17) is 21.1 Å². The Kier molecular flexibility index (Phi) is 5.53. The van der Waals surface area contributed by atoms with E-state index in [1.54, 1.807) is 19.2 Å². The van der Waals surface area contributed by atoms with Crippen molar-refractivity contribution in [3.8, 4) is 11.5 Å². The van der Waals surface area contributed by atoms with Gasteiger partial charge in [-0.1, -0.05) is 11.6 Å². The van der Waals surface area contributed by atoms with Gasteiger partial charge in [0.15, 0.2) is 11.5 Å². The molecule has 122 valence electrons. The van der Waals surface area contributed by atoms with Gasteiger partial charge in [0, 0.05) is 31.2 Å². The summed E-state index contributed by atoms with van der Waals surface area (Å²) in [5.74, 6) is 0.918. The number of carbonyl (C=O) groups is 1. The van der Waals surface area contributed by atoms with Crippen LogP contribution in [0.2, 0.25) is 5.02 Å². The van der Waals surface area contributed by atoms with Crippen molar-refractivity contribution < 1.29 is 14.3 Å². The van der Waals surface area contributed by atoms with Gasteiger partial charge in [-0.05, 0) is 32.9 Å². The molecular weight excluding hydrogens is 304 g/mol. The lowest BCUT2D eigenvalue weighted by atomic mass is 10.1. The minimum absolute atomic E-state index is 0.0267. The Morgan fingerprint density at radius 1 is 1.45 bits per heavy atom. The Balaban J connectivity index is 2.31. The largest absolute Gasteiger partial charge is 0.493 e. The molecule has 0 aliphatic carbocycles. The average Bonchev–Trinajstić information content (AvgIpc) is 2.48. The number of nitrogens with zero attached hydrogens (tertiary/aromatic N) is 1. The van der Waals surface area contributed by atoms with Crippen molar-refractivity contribution in [2.45, 2.75) is 32.9 Å². The van der Waals surface area contributed by atoms with Gasteiger partial charge in [0.2, 0.25) is 0 Å². The molecule has 22 heavy (non-hydrogen) atoms. The Hall–Kier alpha value is -1.46. The molecule has 1 atom stereocenters. The number of nitrogens with one attached hydrogen (secondary N) is 1. The molecule has 0 spiro atoms. The first-order valence-corrected chi connectivity index (χ1v) is 7.87. The number of rotatable bonds is 4. The lowest BCUT2D eigenvalue weighted by molar-refractivity contribution is 0.0655. The first-order chi connectivity index (χ1) is 10.4. The zero-order valence-corrected chi connectivity index (χ0v) is 14.2. The van der Waals surface area contributed by atoms with E-state index in [0.717, 1.165) is 13.1 Å². The normalized spacial score (nSPS) is 18.5. The molecule has 1 heterocycles. The molecule has 6 heteroatoms. The summed E-state index contributed by atoms with van der Waals surface area (Å²) in [5, 5.41) is 3.66. The molecule has 5 nitrogen and oxygen atoms in total. The minimum Gasteiger partial charge on any atom is -0.493 e. The van der Waals surface area contributed by atoms with E-state index in [9.17, 15) is 4.79 Å². The number of amides is 1. The molecular formula is C16H23ClN2O3. The number of piperazine rings is 1. The van der Waals surface area contributed by atoms with E-state index >= 15 is 0 Å². The fourth-order valence-electron chi connectivity index (χ4n) is 2.50. The maximum atomic E-state index is 12.7. The first kappa shape index (κ1) is 16.9. The van der Waals surface area contributed by atoms with Crippen molar-refractivity contribution in [3.05, 3.63) is 22.7 Å². The third kappa shape index (κ3) is 3.65. The van der Waals surface area contributed by atoms with Crippen molar-refractivity contribution in [1.29, 1.82) is 0 Å². The summed E-state index contributed by atoms with van der Waals surface area (Å²) in [4.78, 5) is 14.6. The highest BCUT2D eigenvalue weighted by Gasteiger charge is 2.26. The Morgan fingerprint density at radius 2 is 2.18 bits per heavy atom. The molecule has 1 N–H and O–H groups in total. The summed E-state index contributed by atoms with van der Waals surface area (Å²) in [6.45, 7) is 8.14. The van der Waals surface area contributed by atoms with E-state index in [1.807, 2.05) is 25.7 Å². The molecule has 1 saturated heterocycles. The fourth-order valence-corrected chi connectivity index (χ4v) is 2.76. The van der Waals surface area contributed by atoms with Crippen LogP contribution in [-0.2, 0) is 0 Å². The van der Waals surface area contributed by atoms with Gasteiger partial charge >= 0.3 is 0 Å². The SMILES string of the molecule is COc1cc(C(=O)N2CCNCC2C)cc(Cl)c1OC(C)C. The molecule has 0 saturated carbocycles. The van der Waals surface area contributed by atoms with Gasteiger partial charge in [-0.25, -0.2) is 0 Å². The van der Waals surface area contributed by atoms with Crippen molar-refractivity contribution in [1.82, 2.24) is 10.2 Å². The second-order valence-corrected chi connectivity index (χ2v) is 6.11. The second kappa shape index (κ2) is 7.20. The van der Waals surface area contributed by atoms with Crippen LogP contribution in [0.15, 0.2) is 12.1 Å². The van der Waals surface area contributed by atoms with Crippen molar-refractivity contribution >= 4 is 17.5 Å². The minimum atomic E-state index is -0.0368. The third-order valence-electron chi connectivity index (χ3n) is 3.59. The number of methoxy groups -OCH3 is 1. The molecule has 1 fully saturated rings. The van der Waals surface area contributed by atoms with E-state index < -0.39 is 0 Å². The van der Waals surface area contributed by atoms with Gasteiger partial charge in [0.1, 0.15) is 0 Å². The summed E-state index contributed by atoms with van der Waals surface area (Å²) >= 11 is 6.29. The molecule has 0 bridgehead atoms. The molecule has 0 radical (unpaired) electrons. The molecule has 1 unspecified atom stereocenters. The topological polar surface area (TPSA) is 50.8 Å². The number of hydrogen-bond acceptors (Lipinski definition) is 4. The van der Waals surface area contributed by atoms with Gasteiger partial charge < -0.3 is 19.7 Å². The molecule has 1 aliphatic rings. The number of hydrogen-bond donors (Lipinski definition) is 1. The van der Waals surface area contributed by atoms with Crippen molar-refractivity contribution in [2.75, 3.05) is 26.7 Å². The van der Waals surface area contributed by atoms with Crippen molar-refractivity contribution in [2.24, 2.45) is 0 Å². The highest BCUT2D eigenvalue weighted by Crippen LogP contribution is 2.37. The molecule has 2 rings (SSSR count). The number of halogens is 1. The van der Waals surface area contributed by atoms with Gasteiger partial charge in [0.25, 0.3) is 5.91 Å². The summed E-state index contributed by atoms with van der Waals surface area (Å²) in [6, 6.07) is 3.50. The molecule has 1 aliphatic heterocycles. The van der Waals surface area contributed by atoms with Crippen LogP contribution in [0.25, 0.3) is 0 Å². The quantitative estimate of drug-likeness (QED) is 0.924. The lowest BCUT2D eigenvalue weighted by Gasteiger charge is -2.34. The average molecular weight is 327 g/mol. The van der Waals surface area contributed by atoms with Gasteiger partial charge in [-0.3, -0.25) is 4.79 Å². The number of benzene rings is 1. The Bertz CT molecular complexity index is 548. The van der Waals surface area contributed by atoms with E-state index in [-0.39, 0.29) is 18.1 Å². The van der Waals surface area contributed by atoms with E-state index in [1.165, 1.54) is 0 Å². The first-order valence-electron chi connectivity index (χ1n) is 7.50. The number of ether oxygens (including phenoxy) is 2. The van der Waals surface area contributed by atoms with Gasteiger partial charge in [-0.15, -0.1) is 0 Å². The highest BCUT2D eigenvalue weighted by molar-refractivity contribution is 6.32. The third-order valence-corrected chi connectivity index (χ3v) is 3.87.